The molecule has 0 aromatic rings. The molecule has 0 spiro atoms. The van der Waals surface area contributed by atoms with E-state index in [9.17, 15) is 9.59 Å². The molecule has 130 valence electrons. The predicted molar refractivity (Wildman–Crippen MR) is 83.7 cm³/mol. The van der Waals surface area contributed by atoms with Crippen LogP contribution in [0.2, 0.25) is 0 Å². The zero-order valence-electron chi connectivity index (χ0n) is 13.9. The van der Waals surface area contributed by atoms with E-state index in [1.165, 1.54) is 6.92 Å². The Morgan fingerprint density at radius 2 is 2.00 bits per heavy atom. The minimum Gasteiger partial charge on any atom is -0.466 e. The lowest BCUT2D eigenvalue weighted by molar-refractivity contribution is -0.166. The highest BCUT2D eigenvalue weighted by molar-refractivity contribution is 5.74. The molecule has 0 radical (unpaired) electrons. The fourth-order valence-electron chi connectivity index (χ4n) is 6.12. The molecule has 1 aliphatic heterocycles. The molecule has 4 aliphatic carbocycles. The highest BCUT2D eigenvalue weighted by Crippen LogP contribution is 2.58. The molecule has 0 N–H and O–H groups in total. The number of carbonyl (C=O) groups excluding carboxylic acids is 2. The van der Waals surface area contributed by atoms with Crippen molar-refractivity contribution in [2.75, 3.05) is 13.2 Å². The topological polar surface area (TPSA) is 61.8 Å². The number of allylic oxidation sites excluding steroid dienone is 2. The van der Waals surface area contributed by atoms with Crippen LogP contribution in [0.3, 0.4) is 0 Å². The van der Waals surface area contributed by atoms with Gasteiger partial charge in [-0.15, -0.1) is 0 Å². The second kappa shape index (κ2) is 5.32. The Bertz CT molecular complexity index is 599. The van der Waals surface area contributed by atoms with E-state index in [1.54, 1.807) is 0 Å². The summed E-state index contributed by atoms with van der Waals surface area (Å²) in [7, 11) is 0. The summed E-state index contributed by atoms with van der Waals surface area (Å²) < 4.78 is 17.3. The van der Waals surface area contributed by atoms with Crippen molar-refractivity contribution in [3.8, 4) is 0 Å². The summed E-state index contributed by atoms with van der Waals surface area (Å²) in [6.45, 7) is 2.59. The van der Waals surface area contributed by atoms with E-state index in [0.717, 1.165) is 19.3 Å². The molecule has 0 amide bonds. The molecule has 5 nitrogen and oxygen atoms in total. The summed E-state index contributed by atoms with van der Waals surface area (Å²) in [6.07, 6.45) is 7.42. The molecule has 5 rings (SSSR count). The summed E-state index contributed by atoms with van der Waals surface area (Å²) in [6, 6.07) is 0. The van der Waals surface area contributed by atoms with Gasteiger partial charge in [-0.05, 0) is 42.9 Å². The quantitative estimate of drug-likeness (QED) is 0.582. The van der Waals surface area contributed by atoms with Gasteiger partial charge in [-0.3, -0.25) is 9.59 Å². The molecule has 1 saturated heterocycles. The van der Waals surface area contributed by atoms with Gasteiger partial charge < -0.3 is 14.2 Å². The summed E-state index contributed by atoms with van der Waals surface area (Å²) in [5.41, 5.74) is 0. The van der Waals surface area contributed by atoms with Crippen molar-refractivity contribution in [2.45, 2.75) is 38.4 Å². The molecule has 4 fully saturated rings. The Labute approximate surface area is 141 Å². The standard InChI is InChI=1S/C19H24O5/c1-9(20)22-7-15-14-6-13-16(15)8-23-17(13)18(14)24-19(21)12-5-10-2-3-11(12)4-10/h2-3,10-18H,4-8H2,1H3. The van der Waals surface area contributed by atoms with Gasteiger partial charge in [-0.25, -0.2) is 0 Å². The Morgan fingerprint density at radius 3 is 2.71 bits per heavy atom. The minimum atomic E-state index is -0.240. The van der Waals surface area contributed by atoms with Gasteiger partial charge in [-0.1, -0.05) is 12.2 Å². The number of carbonyl (C=O) groups is 2. The molecule has 24 heavy (non-hydrogen) atoms. The van der Waals surface area contributed by atoms with E-state index in [1.807, 2.05) is 0 Å². The summed E-state index contributed by atoms with van der Waals surface area (Å²) in [5.74, 6) is 2.17. The Balaban J connectivity index is 1.29. The monoisotopic (exact) mass is 332 g/mol. The molecule has 4 bridgehead atoms. The maximum atomic E-state index is 12.7. The lowest BCUT2D eigenvalue weighted by Gasteiger charge is -2.33. The van der Waals surface area contributed by atoms with E-state index in [4.69, 9.17) is 14.2 Å². The van der Waals surface area contributed by atoms with Crippen LogP contribution >= 0.6 is 0 Å². The lowest BCUT2D eigenvalue weighted by atomic mass is 9.79. The van der Waals surface area contributed by atoms with Crippen LogP contribution in [-0.2, 0) is 23.8 Å². The van der Waals surface area contributed by atoms with Gasteiger partial charge in [0.25, 0.3) is 0 Å². The fraction of sp³-hybridized carbons (Fsp3) is 0.789. The maximum absolute atomic E-state index is 12.7. The normalized spacial score (nSPS) is 49.8. The molecule has 0 aromatic carbocycles. The van der Waals surface area contributed by atoms with Crippen LogP contribution in [0.5, 0.6) is 0 Å². The summed E-state index contributed by atoms with van der Waals surface area (Å²) in [4.78, 5) is 23.9. The first-order chi connectivity index (χ1) is 11.6. The molecular weight excluding hydrogens is 308 g/mol. The van der Waals surface area contributed by atoms with Crippen LogP contribution in [0.1, 0.15) is 26.2 Å². The first-order valence-electron chi connectivity index (χ1n) is 9.25. The largest absolute Gasteiger partial charge is 0.466 e. The van der Waals surface area contributed by atoms with E-state index in [-0.39, 0.29) is 41.9 Å². The van der Waals surface area contributed by atoms with Gasteiger partial charge in [0.2, 0.25) is 0 Å². The van der Waals surface area contributed by atoms with E-state index in [2.05, 4.69) is 12.2 Å². The van der Waals surface area contributed by atoms with Crippen LogP contribution in [-0.4, -0.2) is 37.4 Å². The number of esters is 2. The molecule has 9 atom stereocenters. The second-order valence-electron chi connectivity index (χ2n) is 8.28. The van der Waals surface area contributed by atoms with Crippen LogP contribution < -0.4 is 0 Å². The van der Waals surface area contributed by atoms with Gasteiger partial charge in [0, 0.05) is 18.8 Å². The van der Waals surface area contributed by atoms with E-state index < -0.39 is 0 Å². The van der Waals surface area contributed by atoms with Crippen molar-refractivity contribution in [2.24, 2.45) is 41.4 Å². The number of hydrogen-bond acceptors (Lipinski definition) is 5. The third-order valence-corrected chi connectivity index (χ3v) is 7.16. The second-order valence-corrected chi connectivity index (χ2v) is 8.28. The van der Waals surface area contributed by atoms with Crippen LogP contribution in [0, 0.1) is 41.4 Å². The van der Waals surface area contributed by atoms with Crippen molar-refractivity contribution in [3.05, 3.63) is 12.2 Å². The minimum absolute atomic E-state index is 0.0308. The van der Waals surface area contributed by atoms with Crippen molar-refractivity contribution < 1.29 is 23.8 Å². The average molecular weight is 332 g/mol. The zero-order valence-corrected chi connectivity index (χ0v) is 13.9. The lowest BCUT2D eigenvalue weighted by Crippen LogP contribution is -2.43. The number of fused-ring (bicyclic) bond motifs is 3. The van der Waals surface area contributed by atoms with Crippen molar-refractivity contribution >= 4 is 11.9 Å². The van der Waals surface area contributed by atoms with Crippen molar-refractivity contribution in [1.82, 2.24) is 0 Å². The average Bonchev–Trinajstić information content (AvgIpc) is 3.30. The molecule has 9 unspecified atom stereocenters. The summed E-state index contributed by atoms with van der Waals surface area (Å²) >= 11 is 0. The molecule has 1 heterocycles. The smallest absolute Gasteiger partial charge is 0.309 e. The van der Waals surface area contributed by atoms with E-state index >= 15 is 0 Å². The Hall–Kier alpha value is -1.36. The molecular formula is C19H24O5. The molecule has 5 aliphatic rings. The van der Waals surface area contributed by atoms with E-state index in [0.29, 0.717) is 36.9 Å². The molecule has 5 heteroatoms. The zero-order chi connectivity index (χ0) is 16.4. The fourth-order valence-corrected chi connectivity index (χ4v) is 6.12. The Kier molecular flexibility index (Phi) is 3.31. The number of hydrogen-bond donors (Lipinski definition) is 0. The maximum Gasteiger partial charge on any atom is 0.309 e. The highest BCUT2D eigenvalue weighted by Gasteiger charge is 2.64. The van der Waals surface area contributed by atoms with Crippen molar-refractivity contribution in [3.63, 3.8) is 0 Å². The first-order valence-corrected chi connectivity index (χ1v) is 9.25. The molecule has 3 saturated carbocycles. The van der Waals surface area contributed by atoms with Crippen LogP contribution in [0.4, 0.5) is 0 Å². The highest BCUT2D eigenvalue weighted by atomic mass is 16.6. The van der Waals surface area contributed by atoms with Crippen LogP contribution in [0.15, 0.2) is 12.2 Å². The summed E-state index contributed by atoms with van der Waals surface area (Å²) in [5, 5.41) is 0. The Morgan fingerprint density at radius 1 is 1.12 bits per heavy atom. The van der Waals surface area contributed by atoms with Gasteiger partial charge in [0.05, 0.1) is 25.2 Å². The third-order valence-electron chi connectivity index (χ3n) is 7.16. The van der Waals surface area contributed by atoms with Gasteiger partial charge in [0.1, 0.15) is 6.10 Å². The molecule has 0 aromatic heterocycles. The van der Waals surface area contributed by atoms with Gasteiger partial charge in [-0.2, -0.15) is 0 Å². The predicted octanol–water partition coefficient (Wildman–Crippen LogP) is 1.95. The number of rotatable bonds is 4. The van der Waals surface area contributed by atoms with Gasteiger partial charge in [0.15, 0.2) is 0 Å². The van der Waals surface area contributed by atoms with Crippen LogP contribution in [0.25, 0.3) is 0 Å². The third kappa shape index (κ3) is 2.10. The SMILES string of the molecule is CC(=O)OCC1C2COC3C2CC1C3OC(=O)C1CC2C=CC1C2. The number of ether oxygens (including phenoxy) is 3. The van der Waals surface area contributed by atoms with Crippen molar-refractivity contribution in [1.29, 1.82) is 0 Å². The first kappa shape index (κ1) is 14.9. The van der Waals surface area contributed by atoms with Gasteiger partial charge >= 0.3 is 11.9 Å².